The van der Waals surface area contributed by atoms with Crippen LogP contribution in [0.4, 0.5) is 14.6 Å². The van der Waals surface area contributed by atoms with Crippen LogP contribution in [0.15, 0.2) is 65.7 Å². The van der Waals surface area contributed by atoms with Gasteiger partial charge in [0.25, 0.3) is 5.91 Å². The number of aromatic hydroxyl groups is 1. The third kappa shape index (κ3) is 6.01. The second kappa shape index (κ2) is 11.7. The first kappa shape index (κ1) is 27.5. The van der Waals surface area contributed by atoms with Gasteiger partial charge < -0.3 is 15.3 Å². The first-order valence-corrected chi connectivity index (χ1v) is 15.0. The number of hydrogen-bond acceptors (Lipinski definition) is 7. The average Bonchev–Trinajstić information content (AvgIpc) is 3.57. The van der Waals surface area contributed by atoms with Gasteiger partial charge in [-0.2, -0.15) is 0 Å². The lowest BCUT2D eigenvalue weighted by Gasteiger charge is -2.32. The molecule has 41 heavy (non-hydrogen) atoms. The number of phenolic OH excluding ortho intramolecular Hbond substituents is 1. The van der Waals surface area contributed by atoms with Crippen LogP contribution in [0.5, 0.6) is 5.75 Å². The molecule has 0 aliphatic carbocycles. The molecule has 214 valence electrons. The fourth-order valence-electron chi connectivity index (χ4n) is 5.83. The van der Waals surface area contributed by atoms with Crippen molar-refractivity contribution >= 4 is 29.1 Å². The third-order valence-corrected chi connectivity index (χ3v) is 8.59. The van der Waals surface area contributed by atoms with Gasteiger partial charge in [-0.3, -0.25) is 9.69 Å². The van der Waals surface area contributed by atoms with E-state index < -0.39 is 6.17 Å². The van der Waals surface area contributed by atoms with Crippen LogP contribution in [-0.4, -0.2) is 68.6 Å². The van der Waals surface area contributed by atoms with Crippen molar-refractivity contribution in [2.24, 2.45) is 0 Å². The fourth-order valence-corrected chi connectivity index (χ4v) is 6.31. The number of aromatic nitrogens is 3. The molecule has 0 spiro atoms. The number of hydrogen-bond donors (Lipinski definition) is 2. The number of thioether (sulfide) groups is 1. The summed E-state index contributed by atoms with van der Waals surface area (Å²) in [6.45, 7) is 2.54. The van der Waals surface area contributed by atoms with Gasteiger partial charge in [0.15, 0.2) is 11.3 Å². The molecule has 2 fully saturated rings. The molecular weight excluding hydrogens is 546 g/mol. The maximum atomic E-state index is 14.7. The minimum Gasteiger partial charge on any atom is -0.508 e. The molecule has 2 aliphatic rings. The molecule has 2 aromatic heterocycles. The second-order valence-electron chi connectivity index (χ2n) is 10.7. The lowest BCUT2D eigenvalue weighted by atomic mass is 10.0. The van der Waals surface area contributed by atoms with E-state index in [2.05, 4.69) is 15.2 Å². The summed E-state index contributed by atoms with van der Waals surface area (Å²) in [5, 5.41) is 17.6. The number of alkyl halides is 1. The van der Waals surface area contributed by atoms with Crippen LogP contribution < -0.4 is 10.2 Å². The number of imidazole rings is 1. The number of likely N-dealkylation sites (tertiary alicyclic amines) is 1. The SMILES string of the molecule is CSc1cc(F)cc([C@H]2C[C@H](F)CN2c2ccc3ncc(C(=O)NC4CCN(Cc5cccc(O)c5)CC4)n3n2)c1. The van der Waals surface area contributed by atoms with Crippen LogP contribution in [0.2, 0.25) is 0 Å². The molecular formula is C30H32F2N6O2S. The summed E-state index contributed by atoms with van der Waals surface area (Å²) in [4.78, 5) is 22.6. The van der Waals surface area contributed by atoms with Crippen molar-refractivity contribution in [3.05, 3.63) is 83.4 Å². The van der Waals surface area contributed by atoms with Crippen LogP contribution in [0.25, 0.3) is 5.65 Å². The molecule has 2 atom stereocenters. The quantitative estimate of drug-likeness (QED) is 0.299. The number of piperidine rings is 1. The minimum absolute atomic E-state index is 0.0190. The number of carbonyl (C=O) groups is 1. The largest absolute Gasteiger partial charge is 0.508 e. The van der Waals surface area contributed by atoms with Crippen molar-refractivity contribution in [3.8, 4) is 5.75 Å². The molecule has 2 N–H and O–H groups in total. The van der Waals surface area contributed by atoms with Crippen molar-refractivity contribution in [2.45, 2.75) is 49.0 Å². The Hall–Kier alpha value is -3.70. The Morgan fingerprint density at radius 2 is 1.98 bits per heavy atom. The van der Waals surface area contributed by atoms with Gasteiger partial charge in [-0.05, 0) is 72.7 Å². The Kier molecular flexibility index (Phi) is 7.81. The topological polar surface area (TPSA) is 86.0 Å². The summed E-state index contributed by atoms with van der Waals surface area (Å²) < 4.78 is 30.5. The van der Waals surface area contributed by atoms with Gasteiger partial charge in [0.2, 0.25) is 0 Å². The van der Waals surface area contributed by atoms with E-state index in [0.717, 1.165) is 42.9 Å². The Labute approximate surface area is 241 Å². The van der Waals surface area contributed by atoms with Crippen molar-refractivity contribution in [1.82, 2.24) is 24.8 Å². The van der Waals surface area contributed by atoms with E-state index in [4.69, 9.17) is 5.10 Å². The molecule has 4 aromatic rings. The summed E-state index contributed by atoms with van der Waals surface area (Å²) in [6.07, 6.45) is 4.15. The monoisotopic (exact) mass is 578 g/mol. The average molecular weight is 579 g/mol. The number of halogens is 2. The number of carbonyl (C=O) groups excluding carboxylic acids is 1. The van der Waals surface area contributed by atoms with Gasteiger partial charge in [0.1, 0.15) is 23.6 Å². The van der Waals surface area contributed by atoms with Crippen molar-refractivity contribution in [2.75, 3.05) is 30.8 Å². The standard InChI is InChI=1S/C30H32F2N6O2S/c1-41-25-13-20(12-21(31)14-25)26-15-22(32)18-37(26)29-6-5-28-33-16-27(38(28)35-29)30(40)34-23-7-9-36(10-8-23)17-19-3-2-4-24(39)11-19/h2-6,11-14,16,22-23,26,39H,7-10,15,17-18H2,1H3,(H,34,40)/t22-,26+/m0/s1. The zero-order valence-electron chi connectivity index (χ0n) is 22.7. The number of nitrogens with one attached hydrogen (secondary N) is 1. The minimum atomic E-state index is -1.08. The van der Waals surface area contributed by atoms with Crippen LogP contribution >= 0.6 is 11.8 Å². The van der Waals surface area contributed by atoms with Gasteiger partial charge in [-0.1, -0.05) is 12.1 Å². The highest BCUT2D eigenvalue weighted by molar-refractivity contribution is 7.98. The molecule has 2 aliphatic heterocycles. The number of nitrogens with zero attached hydrogens (tertiary/aromatic N) is 5. The number of benzene rings is 2. The highest BCUT2D eigenvalue weighted by Gasteiger charge is 2.35. The molecule has 11 heteroatoms. The number of anilines is 1. The van der Waals surface area contributed by atoms with Crippen LogP contribution in [-0.2, 0) is 6.54 Å². The fraction of sp³-hybridized carbons (Fsp3) is 0.367. The summed E-state index contributed by atoms with van der Waals surface area (Å²) in [5.41, 5.74) is 2.59. The van der Waals surface area contributed by atoms with Crippen molar-refractivity contribution in [1.29, 1.82) is 0 Å². The van der Waals surface area contributed by atoms with Gasteiger partial charge >= 0.3 is 0 Å². The Morgan fingerprint density at radius 3 is 2.76 bits per heavy atom. The lowest BCUT2D eigenvalue weighted by molar-refractivity contribution is 0.0901. The first-order chi connectivity index (χ1) is 19.9. The van der Waals surface area contributed by atoms with Crippen LogP contribution in [0.3, 0.4) is 0 Å². The molecule has 0 bridgehead atoms. The first-order valence-electron chi connectivity index (χ1n) is 13.8. The highest BCUT2D eigenvalue weighted by atomic mass is 32.2. The smallest absolute Gasteiger partial charge is 0.271 e. The molecule has 6 rings (SSSR count). The van der Waals surface area contributed by atoms with Crippen LogP contribution in [0, 0.1) is 5.82 Å². The number of fused-ring (bicyclic) bond motifs is 1. The van der Waals surface area contributed by atoms with E-state index in [-0.39, 0.29) is 42.5 Å². The molecule has 2 aromatic carbocycles. The Bertz CT molecular complexity index is 1560. The highest BCUT2D eigenvalue weighted by Crippen LogP contribution is 2.38. The molecule has 0 saturated carbocycles. The molecule has 2 saturated heterocycles. The summed E-state index contributed by atoms with van der Waals surface area (Å²) >= 11 is 1.44. The van der Waals surface area contributed by atoms with Gasteiger partial charge in [-0.15, -0.1) is 16.9 Å². The molecule has 0 radical (unpaired) electrons. The van der Waals surface area contributed by atoms with E-state index in [1.54, 1.807) is 24.3 Å². The molecule has 8 nitrogen and oxygen atoms in total. The summed E-state index contributed by atoms with van der Waals surface area (Å²) in [7, 11) is 0. The third-order valence-electron chi connectivity index (χ3n) is 7.88. The van der Waals surface area contributed by atoms with E-state index in [1.807, 2.05) is 29.4 Å². The van der Waals surface area contributed by atoms with Gasteiger partial charge in [0, 0.05) is 37.0 Å². The maximum absolute atomic E-state index is 14.7. The zero-order chi connectivity index (χ0) is 28.5. The van der Waals surface area contributed by atoms with E-state index in [0.29, 0.717) is 22.7 Å². The van der Waals surface area contributed by atoms with Crippen molar-refractivity contribution < 1.29 is 18.7 Å². The number of amides is 1. The summed E-state index contributed by atoms with van der Waals surface area (Å²) in [6, 6.07) is 15.3. The zero-order valence-corrected chi connectivity index (χ0v) is 23.5. The summed E-state index contributed by atoms with van der Waals surface area (Å²) in [5.74, 6) is 0.156. The lowest BCUT2D eigenvalue weighted by Crippen LogP contribution is -2.44. The van der Waals surface area contributed by atoms with Crippen molar-refractivity contribution in [3.63, 3.8) is 0 Å². The molecule has 0 unspecified atom stereocenters. The van der Waals surface area contributed by atoms with E-state index in [1.165, 1.54) is 34.6 Å². The molecule has 4 heterocycles. The predicted molar refractivity (Wildman–Crippen MR) is 155 cm³/mol. The van der Waals surface area contributed by atoms with E-state index >= 15 is 0 Å². The second-order valence-corrected chi connectivity index (χ2v) is 11.6. The molecule has 1 amide bonds. The normalized spacial score (nSPS) is 20.1. The maximum Gasteiger partial charge on any atom is 0.271 e. The van der Waals surface area contributed by atoms with Crippen LogP contribution in [0.1, 0.15) is 46.9 Å². The van der Waals surface area contributed by atoms with E-state index in [9.17, 15) is 18.7 Å². The van der Waals surface area contributed by atoms with Gasteiger partial charge in [-0.25, -0.2) is 18.3 Å². The number of rotatable bonds is 7. The Morgan fingerprint density at radius 1 is 1.15 bits per heavy atom. The Balaban J connectivity index is 1.16. The number of phenols is 1. The predicted octanol–water partition coefficient (Wildman–Crippen LogP) is 4.98. The van der Waals surface area contributed by atoms with Gasteiger partial charge in [0.05, 0.1) is 18.8 Å².